The van der Waals surface area contributed by atoms with Crippen LogP contribution >= 0.6 is 22.9 Å². The van der Waals surface area contributed by atoms with Crippen molar-refractivity contribution in [1.82, 2.24) is 14.9 Å². The summed E-state index contributed by atoms with van der Waals surface area (Å²) in [6.07, 6.45) is 1.48. The number of H-pyrrole nitrogens is 1. The first kappa shape index (κ1) is 17.1. The van der Waals surface area contributed by atoms with Crippen molar-refractivity contribution < 1.29 is 4.79 Å². The van der Waals surface area contributed by atoms with Crippen molar-refractivity contribution in [3.05, 3.63) is 56.2 Å². The van der Waals surface area contributed by atoms with Crippen LogP contribution in [0, 0.1) is 0 Å². The van der Waals surface area contributed by atoms with Gasteiger partial charge >= 0.3 is 5.69 Å². The molecule has 1 atom stereocenters. The minimum absolute atomic E-state index is 0.136. The van der Waals surface area contributed by atoms with E-state index < -0.39 is 11.7 Å². The molecule has 2 N–H and O–H groups in total. The number of rotatable bonds is 2. The molecule has 8 heteroatoms. The van der Waals surface area contributed by atoms with Crippen LogP contribution in [-0.4, -0.2) is 22.0 Å². The van der Waals surface area contributed by atoms with Gasteiger partial charge in [0, 0.05) is 28.4 Å². The molecule has 2 aromatic heterocycles. The second-order valence-electron chi connectivity index (χ2n) is 6.29. The summed E-state index contributed by atoms with van der Waals surface area (Å²) in [5.74, 6) is -0.137. The predicted octanol–water partition coefficient (Wildman–Crippen LogP) is 2.91. The number of halogens is 1. The molecule has 0 spiro atoms. The molecule has 134 valence electrons. The first-order valence-corrected chi connectivity index (χ1v) is 9.54. The maximum atomic E-state index is 13.0. The number of fused-ring (bicyclic) bond motifs is 1. The van der Waals surface area contributed by atoms with Crippen LogP contribution in [-0.2, 0) is 4.79 Å². The van der Waals surface area contributed by atoms with Crippen molar-refractivity contribution in [2.24, 2.45) is 0 Å². The number of nitrogens with one attached hydrogen (secondary N) is 2. The van der Waals surface area contributed by atoms with Gasteiger partial charge in [-0.15, -0.1) is 11.3 Å². The Morgan fingerprint density at radius 1 is 1.19 bits per heavy atom. The summed E-state index contributed by atoms with van der Waals surface area (Å²) < 4.78 is 1.66. The number of hydrogen-bond acceptors (Lipinski definition) is 4. The number of aromatic nitrogens is 2. The number of hydrogen-bond donors (Lipinski definition) is 2. The molecule has 4 rings (SSSR count). The average molecular weight is 390 g/mol. The maximum Gasteiger partial charge on any atom is 0.329 e. The van der Waals surface area contributed by atoms with Crippen molar-refractivity contribution in [3.8, 4) is 10.4 Å². The molecule has 1 amide bonds. The van der Waals surface area contributed by atoms with Crippen LogP contribution in [0.1, 0.15) is 25.3 Å². The number of amides is 1. The predicted molar refractivity (Wildman–Crippen MR) is 103 cm³/mol. The van der Waals surface area contributed by atoms with Crippen molar-refractivity contribution in [2.45, 2.75) is 25.3 Å². The lowest BCUT2D eigenvalue weighted by molar-refractivity contribution is -0.121. The van der Waals surface area contributed by atoms with E-state index in [4.69, 9.17) is 11.6 Å². The Morgan fingerprint density at radius 3 is 2.81 bits per heavy atom. The first-order valence-electron chi connectivity index (χ1n) is 8.34. The van der Waals surface area contributed by atoms with Gasteiger partial charge in [-0.1, -0.05) is 29.8 Å². The fraction of sp³-hybridized carbons (Fsp3) is 0.278. The summed E-state index contributed by atoms with van der Waals surface area (Å²) in [7, 11) is 0. The highest BCUT2D eigenvalue weighted by Gasteiger charge is 2.23. The van der Waals surface area contributed by atoms with Gasteiger partial charge in [-0.3, -0.25) is 14.2 Å². The third kappa shape index (κ3) is 2.97. The molecule has 0 bridgehead atoms. The molecule has 0 saturated carbocycles. The number of benzene rings is 1. The first-order chi connectivity index (χ1) is 12.5. The van der Waals surface area contributed by atoms with E-state index in [1.807, 2.05) is 18.2 Å². The van der Waals surface area contributed by atoms with Gasteiger partial charge in [0.15, 0.2) is 0 Å². The highest BCUT2D eigenvalue weighted by atomic mass is 35.5. The summed E-state index contributed by atoms with van der Waals surface area (Å²) in [6, 6.07) is 8.71. The van der Waals surface area contributed by atoms with E-state index in [2.05, 4.69) is 10.3 Å². The number of nitrogens with zero attached hydrogens (tertiary/aromatic N) is 1. The third-order valence-electron chi connectivity index (χ3n) is 4.57. The monoisotopic (exact) mass is 389 g/mol. The second kappa shape index (κ2) is 6.74. The van der Waals surface area contributed by atoms with Gasteiger partial charge in [-0.25, -0.2) is 4.79 Å². The second-order valence-corrected chi connectivity index (χ2v) is 7.75. The van der Waals surface area contributed by atoms with Crippen LogP contribution in [0.5, 0.6) is 0 Å². The summed E-state index contributed by atoms with van der Waals surface area (Å²) in [5, 5.41) is 3.36. The van der Waals surface area contributed by atoms with Crippen LogP contribution in [0.25, 0.3) is 20.7 Å². The molecule has 3 heterocycles. The lowest BCUT2D eigenvalue weighted by Gasteiger charge is -2.14. The Bertz CT molecular complexity index is 1110. The summed E-state index contributed by atoms with van der Waals surface area (Å²) >= 11 is 7.55. The van der Waals surface area contributed by atoms with E-state index in [0.717, 1.165) is 16.9 Å². The van der Waals surface area contributed by atoms with E-state index in [1.165, 1.54) is 15.9 Å². The van der Waals surface area contributed by atoms with Gasteiger partial charge in [0.1, 0.15) is 4.70 Å². The quantitative estimate of drug-likeness (QED) is 0.706. The molecular formula is C18H16ClN3O3S. The summed E-state index contributed by atoms with van der Waals surface area (Å²) in [4.78, 5) is 41.0. The molecule has 1 fully saturated rings. The molecule has 3 aromatic rings. The van der Waals surface area contributed by atoms with Gasteiger partial charge < -0.3 is 10.3 Å². The zero-order chi connectivity index (χ0) is 18.3. The Balaban J connectivity index is 1.86. The fourth-order valence-electron chi connectivity index (χ4n) is 3.32. The largest absolute Gasteiger partial charge is 0.356 e. The highest BCUT2D eigenvalue weighted by molar-refractivity contribution is 7.22. The number of carbonyl (C=O) groups is 1. The van der Waals surface area contributed by atoms with Crippen LogP contribution in [0.15, 0.2) is 39.9 Å². The minimum atomic E-state index is -0.481. The van der Waals surface area contributed by atoms with E-state index in [1.54, 1.807) is 12.1 Å². The summed E-state index contributed by atoms with van der Waals surface area (Å²) in [6.45, 7) is 0.569. The van der Waals surface area contributed by atoms with E-state index in [0.29, 0.717) is 28.2 Å². The minimum Gasteiger partial charge on any atom is -0.356 e. The van der Waals surface area contributed by atoms with Crippen molar-refractivity contribution in [3.63, 3.8) is 0 Å². The summed E-state index contributed by atoms with van der Waals surface area (Å²) in [5.41, 5.74) is 0.475. The van der Waals surface area contributed by atoms with Crippen LogP contribution in [0.3, 0.4) is 0 Å². The zero-order valence-electron chi connectivity index (χ0n) is 13.8. The van der Waals surface area contributed by atoms with Gasteiger partial charge in [0.25, 0.3) is 5.56 Å². The number of thiophene rings is 1. The topological polar surface area (TPSA) is 84.0 Å². The van der Waals surface area contributed by atoms with Crippen molar-refractivity contribution in [2.75, 3.05) is 6.54 Å². The Kier molecular flexibility index (Phi) is 4.42. The molecule has 1 aliphatic heterocycles. The SMILES string of the molecule is O=C1C[C@H](n2c(=O)[nH]c3cc(-c4ccccc4Cl)sc3c2=O)CCCN1. The molecule has 6 nitrogen and oxygen atoms in total. The molecular weight excluding hydrogens is 374 g/mol. The van der Waals surface area contributed by atoms with Crippen LogP contribution in [0.2, 0.25) is 5.02 Å². The van der Waals surface area contributed by atoms with Crippen LogP contribution < -0.4 is 16.6 Å². The third-order valence-corrected chi connectivity index (χ3v) is 6.05. The molecule has 0 radical (unpaired) electrons. The van der Waals surface area contributed by atoms with Gasteiger partial charge in [-0.2, -0.15) is 0 Å². The molecule has 1 aliphatic rings. The normalized spacial score (nSPS) is 17.9. The van der Waals surface area contributed by atoms with Gasteiger partial charge in [-0.05, 0) is 25.0 Å². The Hall–Kier alpha value is -2.38. The Labute approximate surface area is 157 Å². The van der Waals surface area contributed by atoms with Crippen molar-refractivity contribution in [1.29, 1.82) is 0 Å². The van der Waals surface area contributed by atoms with E-state index in [9.17, 15) is 14.4 Å². The fourth-order valence-corrected chi connectivity index (χ4v) is 4.70. The highest BCUT2D eigenvalue weighted by Crippen LogP contribution is 2.35. The Morgan fingerprint density at radius 2 is 2.00 bits per heavy atom. The van der Waals surface area contributed by atoms with E-state index in [-0.39, 0.29) is 17.9 Å². The van der Waals surface area contributed by atoms with Gasteiger partial charge in [0.2, 0.25) is 5.91 Å². The van der Waals surface area contributed by atoms with Crippen LogP contribution in [0.4, 0.5) is 0 Å². The molecule has 0 unspecified atom stereocenters. The zero-order valence-corrected chi connectivity index (χ0v) is 15.3. The number of aromatic amines is 1. The lowest BCUT2D eigenvalue weighted by Crippen LogP contribution is -2.38. The maximum absolute atomic E-state index is 13.0. The molecule has 0 aliphatic carbocycles. The van der Waals surface area contributed by atoms with Crippen molar-refractivity contribution >= 4 is 39.1 Å². The molecule has 1 saturated heterocycles. The standard InChI is InChI=1S/C18H16ClN3O3S/c19-12-6-2-1-5-11(12)14-9-13-16(26-14)17(24)22(18(25)21-13)10-4-3-7-20-15(23)8-10/h1-2,5-6,9-10H,3-4,7-8H2,(H,20,23)(H,21,25)/t10-/m1/s1. The lowest BCUT2D eigenvalue weighted by atomic mass is 10.1. The molecule has 26 heavy (non-hydrogen) atoms. The van der Waals surface area contributed by atoms with E-state index >= 15 is 0 Å². The molecule has 1 aromatic carbocycles. The van der Waals surface area contributed by atoms with Gasteiger partial charge in [0.05, 0.1) is 11.6 Å². The number of carbonyl (C=O) groups excluding carboxylic acids is 1. The smallest absolute Gasteiger partial charge is 0.329 e. The average Bonchev–Trinajstić information content (AvgIpc) is 2.91.